The zero-order valence-electron chi connectivity index (χ0n) is 44.0. The molecule has 0 aliphatic carbocycles. The number of nitrogens with zero attached hydrogens (tertiary/aromatic N) is 3. The highest BCUT2D eigenvalue weighted by atomic mass is 15.2. The monoisotopic (exact) mass is 946 g/mol. The lowest BCUT2D eigenvalue weighted by atomic mass is 9.44. The van der Waals surface area contributed by atoms with Crippen LogP contribution in [0.3, 0.4) is 0 Å². The molecule has 9 aromatic carbocycles. The van der Waals surface area contributed by atoms with Crippen LogP contribution in [0.15, 0.2) is 206 Å². The molecule has 73 heavy (non-hydrogen) atoms. The molecule has 0 saturated carbocycles. The van der Waals surface area contributed by atoms with Crippen molar-refractivity contribution in [3.05, 3.63) is 229 Å². The molecule has 3 heterocycles. The molecule has 2 aliphatic heterocycles. The van der Waals surface area contributed by atoms with Gasteiger partial charge in [-0.15, -0.1) is 0 Å². The zero-order valence-corrected chi connectivity index (χ0v) is 44.0. The fourth-order valence-electron chi connectivity index (χ4n) is 11.8. The molecule has 0 radical (unpaired) electrons. The topological polar surface area (TPSA) is 11.4 Å². The van der Waals surface area contributed by atoms with Crippen LogP contribution >= 0.6 is 0 Å². The molecule has 4 heteroatoms. The smallest absolute Gasteiger partial charge is 0.333 e. The van der Waals surface area contributed by atoms with Crippen molar-refractivity contribution in [2.45, 2.75) is 85.5 Å². The maximum absolute atomic E-state index is 2.78. The summed E-state index contributed by atoms with van der Waals surface area (Å²) in [7, 11) is 0. The third-order valence-corrected chi connectivity index (χ3v) is 15.6. The van der Waals surface area contributed by atoms with Crippen LogP contribution in [0.2, 0.25) is 0 Å². The van der Waals surface area contributed by atoms with Gasteiger partial charge in [-0.2, -0.15) is 0 Å². The van der Waals surface area contributed by atoms with E-state index in [9.17, 15) is 0 Å². The summed E-state index contributed by atoms with van der Waals surface area (Å²) in [5.41, 5.74) is 25.7. The van der Waals surface area contributed by atoms with Crippen LogP contribution in [0.4, 0.5) is 34.1 Å². The van der Waals surface area contributed by atoms with Crippen LogP contribution in [0.25, 0.3) is 55.5 Å². The fraction of sp³-hybridized carbons (Fsp3) is 0.188. The van der Waals surface area contributed by atoms with Crippen LogP contribution in [-0.4, -0.2) is 11.3 Å². The average molecular weight is 946 g/mol. The second-order valence-electron chi connectivity index (χ2n) is 23.4. The Kier molecular flexibility index (Phi) is 10.9. The first-order valence-corrected chi connectivity index (χ1v) is 26.1. The molecule has 0 spiro atoms. The van der Waals surface area contributed by atoms with Crippen LogP contribution < -0.4 is 20.7 Å². The minimum absolute atomic E-state index is 0.0289. The number of aromatic nitrogens is 1. The van der Waals surface area contributed by atoms with Gasteiger partial charge in [-0.1, -0.05) is 220 Å². The number of fused-ring (bicyclic) bond motifs is 4. The largest absolute Gasteiger partial charge is 0.375 e. The molecule has 3 nitrogen and oxygen atoms in total. The lowest BCUT2D eigenvalue weighted by Crippen LogP contribution is -2.57. The fourth-order valence-corrected chi connectivity index (χ4v) is 11.8. The number of para-hydroxylation sites is 2. The Morgan fingerprint density at radius 1 is 0.425 bits per heavy atom. The predicted molar refractivity (Wildman–Crippen MR) is 314 cm³/mol. The van der Waals surface area contributed by atoms with Gasteiger partial charge in [0.15, 0.2) is 0 Å². The normalized spacial score (nSPS) is 13.0. The zero-order chi connectivity index (χ0) is 50.6. The highest BCUT2D eigenvalue weighted by Gasteiger charge is 2.46. The number of anilines is 6. The van der Waals surface area contributed by atoms with Crippen LogP contribution in [0, 0.1) is 6.92 Å². The number of hydrogen-bond donors (Lipinski definition) is 0. The minimum atomic E-state index is -0.165. The molecule has 0 N–H and O–H groups in total. The third-order valence-electron chi connectivity index (χ3n) is 15.6. The molecule has 0 amide bonds. The first-order chi connectivity index (χ1) is 35.1. The summed E-state index contributed by atoms with van der Waals surface area (Å²) in [5, 5.41) is 1.24. The van der Waals surface area contributed by atoms with Gasteiger partial charge in [0.25, 0.3) is 0 Å². The first-order valence-electron chi connectivity index (χ1n) is 26.1. The average Bonchev–Trinajstić information content (AvgIpc) is 3.76. The molecule has 358 valence electrons. The molecular weight excluding hydrogens is 882 g/mol. The molecule has 2 aliphatic rings. The second kappa shape index (κ2) is 17.2. The molecule has 0 atom stereocenters. The Balaban J connectivity index is 1.29. The van der Waals surface area contributed by atoms with E-state index in [1.54, 1.807) is 0 Å². The summed E-state index contributed by atoms with van der Waals surface area (Å²) in [5.74, 6) is 0. The second-order valence-corrected chi connectivity index (χ2v) is 23.4. The van der Waals surface area contributed by atoms with E-state index in [2.05, 4.69) is 290 Å². The highest BCUT2D eigenvalue weighted by molar-refractivity contribution is 6.90. The van der Waals surface area contributed by atoms with E-state index in [1.807, 2.05) is 0 Å². The lowest BCUT2D eigenvalue weighted by Gasteiger charge is -2.42. The summed E-state index contributed by atoms with van der Waals surface area (Å²) in [6, 6.07) is 77.8. The van der Waals surface area contributed by atoms with E-state index in [-0.39, 0.29) is 23.1 Å². The van der Waals surface area contributed by atoms with Gasteiger partial charge in [0.05, 0.1) is 11.4 Å². The van der Waals surface area contributed by atoms with Gasteiger partial charge in [0, 0.05) is 56.0 Å². The van der Waals surface area contributed by atoms with Crippen molar-refractivity contribution < 1.29 is 0 Å². The van der Waals surface area contributed by atoms with E-state index in [0.717, 1.165) is 17.1 Å². The maximum atomic E-state index is 2.78. The van der Waals surface area contributed by atoms with Gasteiger partial charge < -0.3 is 14.3 Å². The molecular formula is C69H64BN3. The van der Waals surface area contributed by atoms with Crippen LogP contribution in [0.5, 0.6) is 0 Å². The minimum Gasteiger partial charge on any atom is -0.375 e. The molecule has 12 rings (SSSR count). The van der Waals surface area contributed by atoms with Crippen molar-refractivity contribution >= 4 is 62.8 Å². The van der Waals surface area contributed by atoms with Gasteiger partial charge in [0.2, 0.25) is 0 Å². The Bertz CT molecular complexity index is 3730. The van der Waals surface area contributed by atoms with Crippen molar-refractivity contribution in [2.24, 2.45) is 0 Å². The summed E-state index contributed by atoms with van der Waals surface area (Å²) >= 11 is 0. The van der Waals surface area contributed by atoms with Gasteiger partial charge in [-0.3, -0.25) is 0 Å². The molecule has 0 unspecified atom stereocenters. The Morgan fingerprint density at radius 3 is 1.64 bits per heavy atom. The quantitative estimate of drug-likeness (QED) is 0.148. The van der Waals surface area contributed by atoms with E-state index in [4.69, 9.17) is 0 Å². The van der Waals surface area contributed by atoms with E-state index in [1.165, 1.54) is 106 Å². The standard InChI is InChI=1S/C69H64BN3/c1-45-24-20-21-31-53(45)62-63-60(71(51-29-18-13-19-30-51)58-33-23-22-32-54(58)46-25-14-11-15-26-46)41-39-55-56-42-50(69(8,9)10)44-61-64(56)70(73(66(55)63)65(62)47-27-16-12-17-28-47)57-43-49(68(5,6)7)36-40-59(57)72(61)52-37-34-48(35-38-52)67(2,3)4/h11-44H,1-10H3. The third kappa shape index (κ3) is 7.64. The van der Waals surface area contributed by atoms with Crippen LogP contribution in [-0.2, 0) is 16.2 Å². The van der Waals surface area contributed by atoms with Crippen molar-refractivity contribution in [1.82, 2.24) is 4.48 Å². The number of rotatable bonds is 7. The van der Waals surface area contributed by atoms with E-state index >= 15 is 0 Å². The molecule has 0 saturated heterocycles. The summed E-state index contributed by atoms with van der Waals surface area (Å²) < 4.78 is 2.78. The first kappa shape index (κ1) is 46.3. The van der Waals surface area contributed by atoms with Crippen molar-refractivity contribution in [2.75, 3.05) is 9.80 Å². The van der Waals surface area contributed by atoms with Gasteiger partial charge >= 0.3 is 6.85 Å². The van der Waals surface area contributed by atoms with Gasteiger partial charge in [-0.25, -0.2) is 0 Å². The summed E-state index contributed by atoms with van der Waals surface area (Å²) in [6.45, 7) is 23.2. The number of aryl methyl sites for hydroxylation is 1. The van der Waals surface area contributed by atoms with Crippen molar-refractivity contribution in [1.29, 1.82) is 0 Å². The lowest BCUT2D eigenvalue weighted by molar-refractivity contribution is 0.590. The number of hydrogen-bond acceptors (Lipinski definition) is 2. The van der Waals surface area contributed by atoms with Crippen molar-refractivity contribution in [3.63, 3.8) is 0 Å². The summed E-state index contributed by atoms with van der Waals surface area (Å²) in [4.78, 5) is 5.12. The van der Waals surface area contributed by atoms with E-state index < -0.39 is 0 Å². The Labute approximate surface area is 433 Å². The predicted octanol–water partition coefficient (Wildman–Crippen LogP) is 17.7. The maximum Gasteiger partial charge on any atom is 0.333 e. The summed E-state index contributed by atoms with van der Waals surface area (Å²) in [6.07, 6.45) is 0. The Morgan fingerprint density at radius 2 is 1.00 bits per heavy atom. The molecule has 1 aromatic heterocycles. The molecule has 10 aromatic rings. The van der Waals surface area contributed by atoms with Crippen LogP contribution in [0.1, 0.15) is 84.6 Å². The van der Waals surface area contributed by atoms with Gasteiger partial charge in [0.1, 0.15) is 0 Å². The van der Waals surface area contributed by atoms with Crippen molar-refractivity contribution in [3.8, 4) is 44.6 Å². The Hall–Kier alpha value is -7.82. The highest BCUT2D eigenvalue weighted by Crippen LogP contribution is 2.55. The SMILES string of the molecule is Cc1ccccc1-c1c(-c2ccccc2)n2c3c(ccc(N(c4ccccc4)c4ccccc4-c4ccccc4)c13)-c1cc(C(C)(C)C)cc3c1B2c1cc(C(C)(C)C)ccc1N3c1ccc(C(C)(C)C)cc1. The molecule has 0 bridgehead atoms. The molecule has 0 fully saturated rings. The van der Waals surface area contributed by atoms with Gasteiger partial charge in [-0.05, 0) is 127 Å². The number of benzene rings is 9. The van der Waals surface area contributed by atoms with E-state index in [0.29, 0.717) is 0 Å².